The highest BCUT2D eigenvalue weighted by molar-refractivity contribution is 7.23. The molecule has 4 aromatic rings. The first-order valence-electron chi connectivity index (χ1n) is 19.6. The summed E-state index contributed by atoms with van der Waals surface area (Å²) in [6.45, 7) is 15.9. The number of halogens is 3. The Morgan fingerprint density at radius 1 is 1.14 bits per heavy atom. The molecule has 4 atom stereocenters. The van der Waals surface area contributed by atoms with Gasteiger partial charge in [-0.2, -0.15) is 15.2 Å². The van der Waals surface area contributed by atoms with Crippen molar-refractivity contribution in [2.45, 2.75) is 116 Å². The number of nitrogens with zero attached hydrogens (tertiary/aromatic N) is 6. The minimum Gasteiger partial charge on any atom is -0.461 e. The summed E-state index contributed by atoms with van der Waals surface area (Å²) in [5.74, 6) is -1.04. The molecular formula is C42H50F3N7O5S. The number of ether oxygens (including phenoxy) is 3. The van der Waals surface area contributed by atoms with Crippen LogP contribution in [-0.2, 0) is 9.47 Å². The molecule has 1 N–H and O–H groups in total. The van der Waals surface area contributed by atoms with Gasteiger partial charge in [0.15, 0.2) is 5.82 Å². The fraction of sp³-hybridized carbons (Fsp3) is 0.548. The van der Waals surface area contributed by atoms with Crippen LogP contribution in [0.2, 0.25) is 0 Å². The van der Waals surface area contributed by atoms with E-state index in [1.54, 1.807) is 38.7 Å². The number of fused-ring (bicyclic) bond motifs is 3. The van der Waals surface area contributed by atoms with Gasteiger partial charge < -0.3 is 24.0 Å². The molecule has 3 saturated heterocycles. The van der Waals surface area contributed by atoms with Crippen molar-refractivity contribution < 1.29 is 37.0 Å². The van der Waals surface area contributed by atoms with Crippen LogP contribution in [0, 0.1) is 29.9 Å². The largest absolute Gasteiger partial charge is 0.461 e. The summed E-state index contributed by atoms with van der Waals surface area (Å²) < 4.78 is 65.1. The number of thiophene rings is 1. The summed E-state index contributed by atoms with van der Waals surface area (Å²) in [4.78, 5) is 41.0. The van der Waals surface area contributed by atoms with Gasteiger partial charge in [-0.15, -0.1) is 11.3 Å². The third-order valence-electron chi connectivity index (χ3n) is 11.3. The standard InChI is InChI=1S/C42H50F3N7O5S/c1-22-17-26-33(32(45)30(22)25-11-12-28(44)34-31(25)27(19-46)36(58-34)49-38(53)56-40(3,4)5)47-37(55-21-42-14-10-15-51(42)20-24(43)18-42)48-35(26)50(9)23(2)29-13-16-52(29)39(54)57-41(6,7)8/h11-12,17,23-24,29H,10,13-16,18,20-21H2,1-9H3,(H,49,53)/t23?,24-,29?,42+/m1/s1. The first-order valence-corrected chi connectivity index (χ1v) is 20.4. The van der Waals surface area contributed by atoms with Gasteiger partial charge in [-0.3, -0.25) is 10.2 Å². The van der Waals surface area contributed by atoms with Crippen molar-refractivity contribution in [3.05, 3.63) is 41.0 Å². The molecule has 7 rings (SSSR count). The van der Waals surface area contributed by atoms with Crippen LogP contribution in [0.3, 0.4) is 0 Å². The maximum atomic E-state index is 17.5. The summed E-state index contributed by atoms with van der Waals surface area (Å²) in [7, 11) is 1.82. The van der Waals surface area contributed by atoms with Crippen LogP contribution in [0.15, 0.2) is 18.2 Å². The number of aromatic nitrogens is 2. The molecule has 16 heteroatoms. The van der Waals surface area contributed by atoms with Crippen molar-refractivity contribution >= 4 is 55.3 Å². The Balaban J connectivity index is 1.34. The number of carbonyl (C=O) groups is 2. The third kappa shape index (κ3) is 7.70. The second-order valence-corrected chi connectivity index (χ2v) is 18.7. The van der Waals surface area contributed by atoms with E-state index in [0.717, 1.165) is 30.7 Å². The molecule has 0 radical (unpaired) electrons. The van der Waals surface area contributed by atoms with E-state index in [0.29, 0.717) is 42.7 Å². The maximum absolute atomic E-state index is 17.5. The highest BCUT2D eigenvalue weighted by Crippen LogP contribution is 2.46. The van der Waals surface area contributed by atoms with E-state index < -0.39 is 46.7 Å². The molecule has 2 unspecified atom stereocenters. The molecule has 2 aromatic heterocycles. The van der Waals surface area contributed by atoms with Crippen molar-refractivity contribution in [3.8, 4) is 23.2 Å². The van der Waals surface area contributed by atoms with Crippen LogP contribution >= 0.6 is 11.3 Å². The third-order valence-corrected chi connectivity index (χ3v) is 12.4. The molecular weight excluding hydrogens is 772 g/mol. The number of benzene rings is 2. The lowest BCUT2D eigenvalue weighted by Gasteiger charge is -2.47. The summed E-state index contributed by atoms with van der Waals surface area (Å²) in [6, 6.07) is 5.81. The average Bonchev–Trinajstić information content (AvgIpc) is 3.75. The number of hydrogen-bond acceptors (Lipinski definition) is 11. The van der Waals surface area contributed by atoms with Crippen LogP contribution in [0.4, 0.5) is 33.6 Å². The van der Waals surface area contributed by atoms with Gasteiger partial charge in [0, 0.05) is 48.9 Å². The molecule has 0 saturated carbocycles. The number of anilines is 2. The number of nitriles is 1. The van der Waals surface area contributed by atoms with Gasteiger partial charge in [0.2, 0.25) is 0 Å². The van der Waals surface area contributed by atoms with Crippen LogP contribution in [0.1, 0.15) is 85.3 Å². The molecule has 12 nitrogen and oxygen atoms in total. The molecule has 0 bridgehead atoms. The first kappa shape index (κ1) is 41.3. The van der Waals surface area contributed by atoms with Crippen LogP contribution in [0.25, 0.3) is 32.1 Å². The zero-order chi connectivity index (χ0) is 42.1. The van der Waals surface area contributed by atoms with Gasteiger partial charge in [0.05, 0.1) is 21.8 Å². The molecule has 2 amide bonds. The second-order valence-electron chi connectivity index (χ2n) is 17.7. The lowest BCUT2D eigenvalue weighted by atomic mass is 9.93. The molecule has 58 heavy (non-hydrogen) atoms. The van der Waals surface area contributed by atoms with E-state index in [1.807, 2.05) is 39.6 Å². The number of likely N-dealkylation sites (tertiary alicyclic amines) is 1. The highest BCUT2D eigenvalue weighted by Gasteiger charge is 2.49. The topological polar surface area (TPSA) is 133 Å². The van der Waals surface area contributed by atoms with Crippen molar-refractivity contribution in [1.29, 1.82) is 5.26 Å². The first-order chi connectivity index (χ1) is 27.2. The molecule has 5 heterocycles. The number of aryl methyl sites for hydroxylation is 1. The number of nitrogens with one attached hydrogen (secondary N) is 1. The van der Waals surface area contributed by atoms with Gasteiger partial charge in [0.1, 0.15) is 52.2 Å². The van der Waals surface area contributed by atoms with Gasteiger partial charge in [-0.1, -0.05) is 6.07 Å². The number of alkyl halides is 1. The lowest BCUT2D eigenvalue weighted by molar-refractivity contribution is -0.00922. The molecule has 0 aliphatic carbocycles. The van der Waals surface area contributed by atoms with Gasteiger partial charge in [-0.25, -0.2) is 22.8 Å². The minimum absolute atomic E-state index is 0.0432. The quantitative estimate of drug-likeness (QED) is 0.184. The highest BCUT2D eigenvalue weighted by atomic mass is 32.1. The zero-order valence-corrected chi connectivity index (χ0v) is 35.2. The minimum atomic E-state index is -0.981. The smallest absolute Gasteiger partial charge is 0.412 e. The predicted octanol–water partition coefficient (Wildman–Crippen LogP) is 9.11. The molecule has 3 aliphatic heterocycles. The molecule has 310 valence electrons. The molecule has 2 aromatic carbocycles. The second kappa shape index (κ2) is 15.1. The van der Waals surface area contributed by atoms with Crippen molar-refractivity contribution in [1.82, 2.24) is 19.8 Å². The Bertz CT molecular complexity index is 2340. The Kier molecular flexibility index (Phi) is 10.7. The number of rotatable bonds is 8. The summed E-state index contributed by atoms with van der Waals surface area (Å²) in [5.41, 5.74) is -1.39. The van der Waals surface area contributed by atoms with Gasteiger partial charge in [-0.05, 0) is 104 Å². The Morgan fingerprint density at radius 2 is 1.86 bits per heavy atom. The number of amides is 2. The van der Waals surface area contributed by atoms with Crippen LogP contribution in [0.5, 0.6) is 6.01 Å². The molecule has 3 fully saturated rings. The number of carbonyl (C=O) groups excluding carboxylic acids is 2. The summed E-state index contributed by atoms with van der Waals surface area (Å²) in [6.07, 6.45) is 0.457. The van der Waals surface area contributed by atoms with Gasteiger partial charge in [0.25, 0.3) is 0 Å². The number of likely N-dealkylation sites (N-methyl/N-ethyl adjacent to an activating group) is 1. The maximum Gasteiger partial charge on any atom is 0.412 e. The lowest BCUT2D eigenvalue weighted by Crippen LogP contribution is -2.60. The SMILES string of the molecule is Cc1cc2c(N(C)C(C)C3CCN3C(=O)OC(C)(C)C)nc(OC[C@@]34CCCN3C[C@H](F)C4)nc2c(F)c1-c1ccc(F)c2sc(NC(=O)OC(C)(C)C)c(C#N)c12. The summed E-state index contributed by atoms with van der Waals surface area (Å²) in [5, 5.41) is 13.5. The van der Waals surface area contributed by atoms with Crippen molar-refractivity contribution in [2.24, 2.45) is 0 Å². The molecule has 0 spiro atoms. The Hall–Kier alpha value is -4.88. The van der Waals surface area contributed by atoms with Crippen molar-refractivity contribution in [2.75, 3.05) is 43.5 Å². The zero-order valence-electron chi connectivity index (χ0n) is 34.4. The van der Waals surface area contributed by atoms with Gasteiger partial charge >= 0.3 is 18.2 Å². The summed E-state index contributed by atoms with van der Waals surface area (Å²) >= 11 is 0.855. The van der Waals surface area contributed by atoms with E-state index >= 15 is 8.78 Å². The van der Waals surface area contributed by atoms with Crippen LogP contribution < -0.4 is 15.0 Å². The monoisotopic (exact) mass is 821 g/mol. The fourth-order valence-corrected chi connectivity index (χ4v) is 9.58. The Morgan fingerprint density at radius 3 is 2.52 bits per heavy atom. The van der Waals surface area contributed by atoms with E-state index in [4.69, 9.17) is 19.2 Å². The van der Waals surface area contributed by atoms with Crippen molar-refractivity contribution in [3.63, 3.8) is 0 Å². The van der Waals surface area contributed by atoms with E-state index in [-0.39, 0.29) is 62.0 Å². The van der Waals surface area contributed by atoms with E-state index in [1.165, 1.54) is 12.1 Å². The normalized spacial score (nSPS) is 21.4. The number of hydrogen-bond donors (Lipinski definition) is 1. The van der Waals surface area contributed by atoms with E-state index in [9.17, 15) is 19.2 Å². The Labute approximate surface area is 340 Å². The average molecular weight is 822 g/mol. The van der Waals surface area contributed by atoms with E-state index in [2.05, 4.69) is 21.3 Å². The van der Waals surface area contributed by atoms with Crippen LogP contribution in [-0.4, -0.2) is 100 Å². The predicted molar refractivity (Wildman–Crippen MR) is 217 cm³/mol. The fourth-order valence-electron chi connectivity index (χ4n) is 8.51. The molecule has 3 aliphatic rings.